The molecule has 0 aliphatic rings. The summed E-state index contributed by atoms with van der Waals surface area (Å²) in [7, 11) is 0. The second kappa shape index (κ2) is 10.3. The summed E-state index contributed by atoms with van der Waals surface area (Å²) in [6.07, 6.45) is 0. The number of hydrogen-bond donors (Lipinski definition) is 3. The van der Waals surface area contributed by atoms with Crippen molar-refractivity contribution in [3.8, 4) is 6.07 Å². The van der Waals surface area contributed by atoms with Gasteiger partial charge in [-0.3, -0.25) is 4.79 Å². The van der Waals surface area contributed by atoms with E-state index in [4.69, 9.17) is 0 Å². The van der Waals surface area contributed by atoms with E-state index in [0.717, 1.165) is 14.3 Å². The number of thiol groups is 1. The molecular formula is C23H18BrFN4O2S. The molecule has 0 heterocycles. The number of nitrogens with zero attached hydrogens (tertiary/aromatic N) is 2. The summed E-state index contributed by atoms with van der Waals surface area (Å²) in [5.74, 6) is -1.35. The average molecular weight is 513 g/mol. The molecule has 0 aromatic heterocycles. The van der Waals surface area contributed by atoms with E-state index in [1.54, 1.807) is 6.07 Å². The van der Waals surface area contributed by atoms with Crippen LogP contribution in [-0.4, -0.2) is 11.9 Å². The number of benzene rings is 3. The number of carbonyl (C=O) groups is 2. The maximum atomic E-state index is 13.8. The first-order valence-electron chi connectivity index (χ1n) is 9.45. The van der Waals surface area contributed by atoms with Crippen molar-refractivity contribution in [1.29, 1.82) is 5.26 Å². The second-order valence-electron chi connectivity index (χ2n) is 6.81. The maximum absolute atomic E-state index is 13.8. The van der Waals surface area contributed by atoms with Crippen molar-refractivity contribution in [3.63, 3.8) is 0 Å². The predicted octanol–water partition coefficient (Wildman–Crippen LogP) is 5.83. The molecule has 0 spiro atoms. The molecule has 3 aromatic rings. The van der Waals surface area contributed by atoms with Gasteiger partial charge in [0.15, 0.2) is 0 Å². The summed E-state index contributed by atoms with van der Waals surface area (Å²) >= 11 is 7.62. The van der Waals surface area contributed by atoms with Gasteiger partial charge < -0.3 is 10.6 Å². The number of hydrogen-bond acceptors (Lipinski definition) is 4. The van der Waals surface area contributed by atoms with Crippen LogP contribution in [0.2, 0.25) is 0 Å². The zero-order chi connectivity index (χ0) is 23.3. The number of nitriles is 1. The number of halogens is 2. The quantitative estimate of drug-likeness (QED) is 0.375. The number of urea groups is 1. The van der Waals surface area contributed by atoms with Crippen LogP contribution >= 0.6 is 28.7 Å². The maximum Gasteiger partial charge on any atom is 0.332 e. The standard InChI is InChI=1S/C23H18BrFN4O2S/c1-14(15-6-8-17(24)9-7-15)27-23(31)29(32)18-10-11-21(16(12-18)13-26)28-22(30)19-4-2-3-5-20(19)25/h2-12,14,32H,1H3,(H,27,31)(H,28,30)/t14-/m1/s1. The third-order valence-corrected chi connectivity index (χ3v) is 5.58. The van der Waals surface area contributed by atoms with Gasteiger partial charge in [-0.2, -0.15) is 5.26 Å². The third-order valence-electron chi connectivity index (χ3n) is 4.64. The highest BCUT2D eigenvalue weighted by atomic mass is 79.9. The summed E-state index contributed by atoms with van der Waals surface area (Å²) in [6, 6.07) is 18.7. The molecule has 6 nitrogen and oxygen atoms in total. The Morgan fingerprint density at radius 3 is 2.47 bits per heavy atom. The Balaban J connectivity index is 1.73. The lowest BCUT2D eigenvalue weighted by atomic mass is 10.1. The fourth-order valence-electron chi connectivity index (χ4n) is 2.90. The minimum atomic E-state index is -0.684. The van der Waals surface area contributed by atoms with E-state index in [9.17, 15) is 19.2 Å². The molecule has 0 aliphatic heterocycles. The van der Waals surface area contributed by atoms with Crippen molar-refractivity contribution < 1.29 is 14.0 Å². The van der Waals surface area contributed by atoms with Crippen molar-refractivity contribution in [1.82, 2.24) is 5.32 Å². The molecule has 9 heteroatoms. The van der Waals surface area contributed by atoms with Gasteiger partial charge in [-0.25, -0.2) is 13.5 Å². The summed E-state index contributed by atoms with van der Waals surface area (Å²) in [4.78, 5) is 25.0. The van der Waals surface area contributed by atoms with Crippen molar-refractivity contribution in [3.05, 3.63) is 93.7 Å². The van der Waals surface area contributed by atoms with Crippen LogP contribution in [0.1, 0.15) is 34.5 Å². The van der Waals surface area contributed by atoms with Crippen molar-refractivity contribution in [2.24, 2.45) is 0 Å². The molecule has 0 saturated carbocycles. The van der Waals surface area contributed by atoms with Gasteiger partial charge in [0.2, 0.25) is 0 Å². The molecule has 0 bridgehead atoms. The molecule has 3 aromatic carbocycles. The molecule has 0 radical (unpaired) electrons. The summed E-state index contributed by atoms with van der Waals surface area (Å²) in [5.41, 5.74) is 1.38. The number of nitrogens with one attached hydrogen (secondary N) is 2. The van der Waals surface area contributed by atoms with Crippen LogP contribution in [0.3, 0.4) is 0 Å². The van der Waals surface area contributed by atoms with E-state index >= 15 is 0 Å². The number of rotatable bonds is 5. The Hall–Kier alpha value is -3.35. The van der Waals surface area contributed by atoms with E-state index in [1.807, 2.05) is 37.3 Å². The van der Waals surface area contributed by atoms with Gasteiger partial charge in [0.1, 0.15) is 11.9 Å². The Labute approximate surface area is 198 Å². The molecule has 1 atom stereocenters. The minimum absolute atomic E-state index is 0.0972. The molecule has 2 N–H and O–H groups in total. The molecule has 3 rings (SSSR count). The highest BCUT2D eigenvalue weighted by molar-refractivity contribution is 9.10. The zero-order valence-electron chi connectivity index (χ0n) is 16.8. The number of amides is 3. The molecule has 0 unspecified atom stereocenters. The minimum Gasteiger partial charge on any atom is -0.330 e. The number of anilines is 2. The largest absolute Gasteiger partial charge is 0.332 e. The summed E-state index contributed by atoms with van der Waals surface area (Å²) in [5, 5.41) is 14.8. The topological polar surface area (TPSA) is 85.2 Å². The smallest absolute Gasteiger partial charge is 0.330 e. The SMILES string of the molecule is C[C@@H](NC(=O)N(S)c1ccc(NC(=O)c2ccccc2F)c(C#N)c1)c1ccc(Br)cc1. The lowest BCUT2D eigenvalue weighted by Crippen LogP contribution is -2.35. The third kappa shape index (κ3) is 5.46. The van der Waals surface area contributed by atoms with E-state index in [-0.39, 0.29) is 22.9 Å². The van der Waals surface area contributed by atoms with Gasteiger partial charge in [-0.15, -0.1) is 0 Å². The zero-order valence-corrected chi connectivity index (χ0v) is 19.3. The Bertz CT molecular complexity index is 1200. The Morgan fingerprint density at radius 1 is 1.12 bits per heavy atom. The number of carbonyl (C=O) groups excluding carboxylic acids is 2. The molecule has 162 valence electrons. The first kappa shape index (κ1) is 23.3. The summed E-state index contributed by atoms with van der Waals surface area (Å²) in [6.45, 7) is 1.84. The van der Waals surface area contributed by atoms with Crippen LogP contribution in [0.25, 0.3) is 0 Å². The van der Waals surface area contributed by atoms with Gasteiger partial charge in [0, 0.05) is 4.47 Å². The van der Waals surface area contributed by atoms with Crippen molar-refractivity contribution in [2.75, 3.05) is 9.62 Å². The second-order valence-corrected chi connectivity index (χ2v) is 8.13. The molecule has 0 saturated heterocycles. The van der Waals surface area contributed by atoms with Gasteiger partial charge >= 0.3 is 6.03 Å². The first-order chi connectivity index (χ1) is 15.3. The van der Waals surface area contributed by atoms with Gasteiger partial charge in [-0.1, -0.05) is 53.0 Å². The molecule has 0 aliphatic carbocycles. The Morgan fingerprint density at radius 2 is 1.81 bits per heavy atom. The normalized spacial score (nSPS) is 11.2. The van der Waals surface area contributed by atoms with Crippen LogP contribution in [0.4, 0.5) is 20.6 Å². The van der Waals surface area contributed by atoms with E-state index in [1.165, 1.54) is 36.4 Å². The average Bonchev–Trinajstić information content (AvgIpc) is 2.79. The summed E-state index contributed by atoms with van der Waals surface area (Å²) < 4.78 is 15.8. The molecular weight excluding hydrogens is 495 g/mol. The van der Waals surface area contributed by atoms with Crippen molar-refractivity contribution >= 4 is 52.1 Å². The van der Waals surface area contributed by atoms with Gasteiger partial charge in [0.05, 0.1) is 28.5 Å². The lowest BCUT2D eigenvalue weighted by Gasteiger charge is -2.21. The highest BCUT2D eigenvalue weighted by Gasteiger charge is 2.18. The van der Waals surface area contributed by atoms with Crippen LogP contribution in [0, 0.1) is 17.1 Å². The molecule has 3 amide bonds. The van der Waals surface area contributed by atoms with Crippen molar-refractivity contribution in [2.45, 2.75) is 13.0 Å². The molecule has 32 heavy (non-hydrogen) atoms. The first-order valence-corrected chi connectivity index (χ1v) is 10.6. The van der Waals surface area contributed by atoms with Crippen LogP contribution in [-0.2, 0) is 0 Å². The van der Waals surface area contributed by atoms with Gasteiger partial charge in [-0.05, 0) is 55.0 Å². The highest BCUT2D eigenvalue weighted by Crippen LogP contribution is 2.26. The van der Waals surface area contributed by atoms with Crippen LogP contribution in [0.15, 0.2) is 71.2 Å². The fraction of sp³-hybridized carbons (Fsp3) is 0.0870. The monoisotopic (exact) mass is 512 g/mol. The van der Waals surface area contributed by atoms with Crippen LogP contribution < -0.4 is 14.9 Å². The van der Waals surface area contributed by atoms with Crippen LogP contribution in [0.5, 0.6) is 0 Å². The van der Waals surface area contributed by atoms with E-state index in [0.29, 0.717) is 5.69 Å². The predicted molar refractivity (Wildman–Crippen MR) is 128 cm³/mol. The lowest BCUT2D eigenvalue weighted by molar-refractivity contribution is 0.102. The molecule has 0 fully saturated rings. The van der Waals surface area contributed by atoms with Gasteiger partial charge in [0.25, 0.3) is 5.91 Å². The van der Waals surface area contributed by atoms with E-state index in [2.05, 4.69) is 39.4 Å². The fourth-order valence-corrected chi connectivity index (χ4v) is 3.35. The Kier molecular flexibility index (Phi) is 7.51. The van der Waals surface area contributed by atoms with E-state index < -0.39 is 17.8 Å².